The van der Waals surface area contributed by atoms with E-state index in [2.05, 4.69) is 4.72 Å². The number of carbonyl (C=O) groups is 1. The van der Waals surface area contributed by atoms with Crippen LogP contribution in [0.1, 0.15) is 35.6 Å². The highest BCUT2D eigenvalue weighted by molar-refractivity contribution is 7.88. The monoisotopic (exact) mass is 383 g/mol. The van der Waals surface area contributed by atoms with Gasteiger partial charge < -0.3 is 4.90 Å². The molecule has 2 aromatic rings. The first-order valence-corrected chi connectivity index (χ1v) is 10.5. The highest BCUT2D eigenvalue weighted by atomic mass is 32.2. The Morgan fingerprint density at radius 2 is 1.96 bits per heavy atom. The van der Waals surface area contributed by atoms with Gasteiger partial charge in [-0.3, -0.25) is 4.79 Å². The van der Waals surface area contributed by atoms with Crippen molar-refractivity contribution in [3.8, 4) is 6.07 Å². The molecular weight excluding hydrogens is 362 g/mol. The Kier molecular flexibility index (Phi) is 5.59. The zero-order valence-electron chi connectivity index (χ0n) is 15.1. The maximum Gasteiger partial charge on any atom is 0.227 e. The van der Waals surface area contributed by atoms with E-state index < -0.39 is 10.0 Å². The number of fused-ring (bicyclic) bond motifs is 1. The number of rotatable bonds is 6. The van der Waals surface area contributed by atoms with Gasteiger partial charge in [0.1, 0.15) is 0 Å². The number of benzene rings is 2. The van der Waals surface area contributed by atoms with Crippen molar-refractivity contribution < 1.29 is 13.2 Å². The largest absolute Gasteiger partial charge is 0.312 e. The molecule has 0 saturated carbocycles. The van der Waals surface area contributed by atoms with Crippen LogP contribution in [-0.4, -0.2) is 20.9 Å². The fourth-order valence-electron chi connectivity index (χ4n) is 3.27. The lowest BCUT2D eigenvalue weighted by molar-refractivity contribution is -0.118. The smallest absolute Gasteiger partial charge is 0.227 e. The summed E-state index contributed by atoms with van der Waals surface area (Å²) in [4.78, 5) is 13.7. The number of carbonyl (C=O) groups excluding carboxylic acids is 1. The minimum absolute atomic E-state index is 0.120. The van der Waals surface area contributed by atoms with Gasteiger partial charge in [0, 0.05) is 25.2 Å². The van der Waals surface area contributed by atoms with E-state index in [1.54, 1.807) is 29.2 Å². The molecule has 3 rings (SSSR count). The third-order valence-corrected chi connectivity index (χ3v) is 5.91. The predicted molar refractivity (Wildman–Crippen MR) is 103 cm³/mol. The number of anilines is 1. The zero-order chi connectivity index (χ0) is 19.4. The van der Waals surface area contributed by atoms with Crippen molar-refractivity contribution >= 4 is 21.6 Å². The van der Waals surface area contributed by atoms with E-state index in [1.807, 2.05) is 31.2 Å². The Labute approximate surface area is 159 Å². The number of hydrogen-bond donors (Lipinski definition) is 1. The van der Waals surface area contributed by atoms with Crippen molar-refractivity contribution in [3.05, 3.63) is 64.7 Å². The summed E-state index contributed by atoms with van der Waals surface area (Å²) in [5.41, 5.74) is 3.65. The molecular formula is C20H21N3O3S. The molecule has 1 aliphatic rings. The van der Waals surface area contributed by atoms with Gasteiger partial charge in [-0.05, 0) is 42.2 Å². The molecule has 0 unspecified atom stereocenters. The molecule has 0 bridgehead atoms. The molecule has 1 amide bonds. The van der Waals surface area contributed by atoms with Gasteiger partial charge in [-0.25, -0.2) is 13.1 Å². The maximum atomic E-state index is 12.4. The Morgan fingerprint density at radius 3 is 2.70 bits per heavy atom. The first-order valence-electron chi connectivity index (χ1n) is 8.81. The zero-order valence-corrected chi connectivity index (χ0v) is 15.9. The van der Waals surface area contributed by atoms with Gasteiger partial charge in [-0.1, -0.05) is 30.3 Å². The van der Waals surface area contributed by atoms with Crippen molar-refractivity contribution in [2.45, 2.75) is 32.1 Å². The molecule has 2 aromatic carbocycles. The SMILES string of the molecule is CCN1C(=O)CCc2cc(CNS(=O)(=O)Cc3ccccc3C#N)ccc21. The molecule has 7 heteroatoms. The summed E-state index contributed by atoms with van der Waals surface area (Å²) in [5, 5.41) is 9.10. The molecule has 6 nitrogen and oxygen atoms in total. The summed E-state index contributed by atoms with van der Waals surface area (Å²) in [6.45, 7) is 2.73. The Bertz CT molecular complexity index is 1010. The molecule has 1 N–H and O–H groups in total. The maximum absolute atomic E-state index is 12.4. The van der Waals surface area contributed by atoms with E-state index in [0.29, 0.717) is 30.5 Å². The van der Waals surface area contributed by atoms with E-state index in [0.717, 1.165) is 16.8 Å². The predicted octanol–water partition coefficient (Wildman–Crippen LogP) is 2.48. The number of amides is 1. The van der Waals surface area contributed by atoms with Crippen LogP contribution in [-0.2, 0) is 33.5 Å². The van der Waals surface area contributed by atoms with Crippen LogP contribution < -0.4 is 9.62 Å². The third kappa shape index (κ3) is 4.35. The number of nitrogens with one attached hydrogen (secondary N) is 1. The topological polar surface area (TPSA) is 90.3 Å². The molecule has 0 spiro atoms. The quantitative estimate of drug-likeness (QED) is 0.830. The van der Waals surface area contributed by atoms with Gasteiger partial charge >= 0.3 is 0 Å². The van der Waals surface area contributed by atoms with Crippen LogP contribution in [0.3, 0.4) is 0 Å². The van der Waals surface area contributed by atoms with Crippen LogP contribution in [0.25, 0.3) is 0 Å². The Morgan fingerprint density at radius 1 is 1.19 bits per heavy atom. The van der Waals surface area contributed by atoms with Crippen LogP contribution in [0.2, 0.25) is 0 Å². The van der Waals surface area contributed by atoms with E-state index in [1.165, 1.54) is 0 Å². The van der Waals surface area contributed by atoms with E-state index in [4.69, 9.17) is 5.26 Å². The average molecular weight is 383 g/mol. The van der Waals surface area contributed by atoms with Crippen molar-refractivity contribution in [1.29, 1.82) is 5.26 Å². The summed E-state index contributed by atoms with van der Waals surface area (Å²) in [6, 6.07) is 14.4. The number of nitrogens with zero attached hydrogens (tertiary/aromatic N) is 2. The molecule has 0 aliphatic carbocycles. The van der Waals surface area contributed by atoms with Gasteiger partial charge in [-0.15, -0.1) is 0 Å². The lowest BCUT2D eigenvalue weighted by Crippen LogP contribution is -2.34. The molecule has 0 aromatic heterocycles. The van der Waals surface area contributed by atoms with Gasteiger partial charge in [0.2, 0.25) is 15.9 Å². The van der Waals surface area contributed by atoms with Crippen molar-refractivity contribution in [2.75, 3.05) is 11.4 Å². The van der Waals surface area contributed by atoms with Gasteiger partial charge in [-0.2, -0.15) is 5.26 Å². The van der Waals surface area contributed by atoms with E-state index in [9.17, 15) is 13.2 Å². The van der Waals surface area contributed by atoms with Crippen molar-refractivity contribution in [2.24, 2.45) is 0 Å². The minimum Gasteiger partial charge on any atom is -0.312 e. The number of aryl methyl sites for hydroxylation is 1. The first-order chi connectivity index (χ1) is 12.9. The number of nitriles is 1. The molecule has 1 aliphatic heterocycles. The van der Waals surface area contributed by atoms with E-state index in [-0.39, 0.29) is 18.2 Å². The van der Waals surface area contributed by atoms with Crippen LogP contribution in [0.4, 0.5) is 5.69 Å². The van der Waals surface area contributed by atoms with Crippen molar-refractivity contribution in [1.82, 2.24) is 4.72 Å². The van der Waals surface area contributed by atoms with Crippen LogP contribution >= 0.6 is 0 Å². The molecule has 140 valence electrons. The standard InChI is InChI=1S/C20H21N3O3S/c1-2-23-19-9-7-15(11-16(19)8-10-20(23)24)13-22-27(25,26)14-18-6-4-3-5-17(18)12-21/h3-7,9,11,22H,2,8,10,13-14H2,1H3. The molecule has 1 heterocycles. The lowest BCUT2D eigenvalue weighted by Gasteiger charge is -2.28. The minimum atomic E-state index is -3.58. The van der Waals surface area contributed by atoms with E-state index >= 15 is 0 Å². The Hall–Kier alpha value is -2.69. The van der Waals surface area contributed by atoms with Crippen LogP contribution in [0.5, 0.6) is 0 Å². The second-order valence-electron chi connectivity index (χ2n) is 6.45. The number of sulfonamides is 1. The van der Waals surface area contributed by atoms with Crippen LogP contribution in [0, 0.1) is 11.3 Å². The lowest BCUT2D eigenvalue weighted by atomic mass is 9.99. The fourth-order valence-corrected chi connectivity index (χ4v) is 4.42. The first kappa shape index (κ1) is 19.1. The summed E-state index contributed by atoms with van der Waals surface area (Å²) in [7, 11) is -3.58. The Balaban J connectivity index is 1.71. The summed E-state index contributed by atoms with van der Waals surface area (Å²) < 4.78 is 27.4. The second-order valence-corrected chi connectivity index (χ2v) is 8.26. The average Bonchev–Trinajstić information content (AvgIpc) is 2.66. The molecule has 0 atom stereocenters. The van der Waals surface area contributed by atoms with Crippen LogP contribution in [0.15, 0.2) is 42.5 Å². The van der Waals surface area contributed by atoms with Gasteiger partial charge in [0.15, 0.2) is 0 Å². The highest BCUT2D eigenvalue weighted by Crippen LogP contribution is 2.28. The van der Waals surface area contributed by atoms with Gasteiger partial charge in [0.25, 0.3) is 0 Å². The summed E-state index contributed by atoms with van der Waals surface area (Å²) in [6.07, 6.45) is 1.14. The normalized spacial score (nSPS) is 13.9. The molecule has 27 heavy (non-hydrogen) atoms. The second kappa shape index (κ2) is 7.91. The fraction of sp³-hybridized carbons (Fsp3) is 0.300. The van der Waals surface area contributed by atoms with Gasteiger partial charge in [0.05, 0.1) is 17.4 Å². The summed E-state index contributed by atoms with van der Waals surface area (Å²) >= 11 is 0. The third-order valence-electron chi connectivity index (χ3n) is 4.64. The molecule has 0 radical (unpaired) electrons. The number of hydrogen-bond acceptors (Lipinski definition) is 4. The van der Waals surface area contributed by atoms with Crippen molar-refractivity contribution in [3.63, 3.8) is 0 Å². The molecule has 0 fully saturated rings. The summed E-state index contributed by atoms with van der Waals surface area (Å²) in [5.74, 6) is -0.116. The molecule has 0 saturated heterocycles. The highest BCUT2D eigenvalue weighted by Gasteiger charge is 2.23.